The first-order chi connectivity index (χ1) is 10.4. The molecule has 0 aliphatic heterocycles. The van der Waals surface area contributed by atoms with Crippen LogP contribution in [0.3, 0.4) is 0 Å². The summed E-state index contributed by atoms with van der Waals surface area (Å²) in [6, 6.07) is 20.0. The molecule has 3 aromatic rings. The number of hydrogen-bond donors (Lipinski definition) is 1. The lowest BCUT2D eigenvalue weighted by atomic mass is 10.2. The maximum atomic E-state index is 5.55. The minimum atomic E-state index is 0.290. The van der Waals surface area contributed by atoms with Gasteiger partial charge in [0, 0.05) is 5.69 Å². The SMILES string of the molecule is c1ccc(COCc2nnc(Nc3ccccc3)o2)cc1. The van der Waals surface area contributed by atoms with Crippen LogP contribution in [-0.4, -0.2) is 10.2 Å². The molecule has 0 aliphatic rings. The van der Waals surface area contributed by atoms with Gasteiger partial charge in [0.2, 0.25) is 5.89 Å². The van der Waals surface area contributed by atoms with Crippen LogP contribution in [0.15, 0.2) is 65.1 Å². The Hall–Kier alpha value is -2.66. The molecule has 3 rings (SSSR count). The van der Waals surface area contributed by atoms with Gasteiger partial charge in [-0.05, 0) is 17.7 Å². The smallest absolute Gasteiger partial charge is 0.320 e. The van der Waals surface area contributed by atoms with Crippen molar-refractivity contribution in [1.29, 1.82) is 0 Å². The van der Waals surface area contributed by atoms with Gasteiger partial charge in [0.25, 0.3) is 0 Å². The Morgan fingerprint density at radius 3 is 2.33 bits per heavy atom. The lowest BCUT2D eigenvalue weighted by molar-refractivity contribution is 0.0899. The molecule has 1 N–H and O–H groups in total. The average molecular weight is 281 g/mol. The molecule has 0 fully saturated rings. The number of nitrogens with one attached hydrogen (secondary N) is 1. The fourth-order valence-corrected chi connectivity index (χ4v) is 1.84. The molecule has 0 radical (unpaired) electrons. The first-order valence-electron chi connectivity index (χ1n) is 6.66. The molecule has 5 nitrogen and oxygen atoms in total. The summed E-state index contributed by atoms with van der Waals surface area (Å²) < 4.78 is 11.0. The fourth-order valence-electron chi connectivity index (χ4n) is 1.84. The van der Waals surface area contributed by atoms with Crippen molar-refractivity contribution in [3.05, 3.63) is 72.1 Å². The molecule has 0 amide bonds. The minimum absolute atomic E-state index is 0.290. The van der Waals surface area contributed by atoms with Crippen LogP contribution in [0.2, 0.25) is 0 Å². The molecular weight excluding hydrogens is 266 g/mol. The summed E-state index contributed by atoms with van der Waals surface area (Å²) in [6.07, 6.45) is 0. The third-order valence-corrected chi connectivity index (χ3v) is 2.83. The molecule has 0 spiro atoms. The summed E-state index contributed by atoms with van der Waals surface area (Å²) in [6.45, 7) is 0.809. The number of aromatic nitrogens is 2. The number of rotatable bonds is 6. The normalized spacial score (nSPS) is 10.5. The van der Waals surface area contributed by atoms with Crippen LogP contribution in [0.1, 0.15) is 11.5 Å². The Balaban J connectivity index is 1.51. The van der Waals surface area contributed by atoms with Gasteiger partial charge >= 0.3 is 6.01 Å². The van der Waals surface area contributed by atoms with Crippen molar-refractivity contribution in [3.8, 4) is 0 Å². The zero-order chi connectivity index (χ0) is 14.3. The Kier molecular flexibility index (Phi) is 4.24. The van der Waals surface area contributed by atoms with Gasteiger partial charge in [0.1, 0.15) is 6.61 Å². The largest absolute Gasteiger partial charge is 0.405 e. The van der Waals surface area contributed by atoms with E-state index in [9.17, 15) is 0 Å². The van der Waals surface area contributed by atoms with Gasteiger partial charge < -0.3 is 14.5 Å². The number of ether oxygens (including phenoxy) is 1. The molecule has 0 bridgehead atoms. The van der Waals surface area contributed by atoms with Gasteiger partial charge in [-0.2, -0.15) is 0 Å². The second-order valence-electron chi connectivity index (χ2n) is 4.47. The maximum absolute atomic E-state index is 5.55. The summed E-state index contributed by atoms with van der Waals surface area (Å²) in [7, 11) is 0. The van der Waals surface area contributed by atoms with Crippen LogP contribution in [0.5, 0.6) is 0 Å². The molecule has 5 heteroatoms. The molecule has 0 saturated carbocycles. The standard InChI is InChI=1S/C16H15N3O2/c1-3-7-13(8-4-1)11-20-12-15-18-19-16(21-15)17-14-9-5-2-6-10-14/h1-10H,11-12H2,(H,17,19). The highest BCUT2D eigenvalue weighted by molar-refractivity contribution is 5.50. The number of anilines is 2. The summed E-state index contributed by atoms with van der Waals surface area (Å²) >= 11 is 0. The number of nitrogens with zero attached hydrogens (tertiary/aromatic N) is 2. The zero-order valence-corrected chi connectivity index (χ0v) is 11.4. The predicted octanol–water partition coefficient (Wildman–Crippen LogP) is 3.53. The molecule has 1 aromatic heterocycles. The zero-order valence-electron chi connectivity index (χ0n) is 11.4. The third-order valence-electron chi connectivity index (χ3n) is 2.83. The number of benzene rings is 2. The van der Waals surface area contributed by atoms with Gasteiger partial charge in [0.05, 0.1) is 6.61 Å². The van der Waals surface area contributed by atoms with E-state index in [2.05, 4.69) is 15.5 Å². The second kappa shape index (κ2) is 6.67. The topological polar surface area (TPSA) is 60.2 Å². The van der Waals surface area contributed by atoms with Gasteiger partial charge in [-0.15, -0.1) is 5.10 Å². The monoisotopic (exact) mass is 281 g/mol. The predicted molar refractivity (Wildman–Crippen MR) is 79.0 cm³/mol. The van der Waals surface area contributed by atoms with E-state index in [0.717, 1.165) is 11.3 Å². The van der Waals surface area contributed by atoms with Crippen molar-refractivity contribution in [2.24, 2.45) is 0 Å². The van der Waals surface area contributed by atoms with Crippen LogP contribution in [0, 0.1) is 0 Å². The van der Waals surface area contributed by atoms with E-state index in [1.54, 1.807) is 0 Å². The molecule has 0 aliphatic carbocycles. The summed E-state index contributed by atoms with van der Waals surface area (Å²) in [5.41, 5.74) is 2.01. The highest BCUT2D eigenvalue weighted by atomic mass is 16.5. The van der Waals surface area contributed by atoms with Crippen molar-refractivity contribution in [2.45, 2.75) is 13.2 Å². The van der Waals surface area contributed by atoms with Crippen LogP contribution in [0.25, 0.3) is 0 Å². The molecule has 0 atom stereocenters. The Bertz CT molecular complexity index is 668. The van der Waals surface area contributed by atoms with Crippen LogP contribution >= 0.6 is 0 Å². The van der Waals surface area contributed by atoms with E-state index in [0.29, 0.717) is 25.1 Å². The minimum Gasteiger partial charge on any atom is -0.405 e. The van der Waals surface area contributed by atoms with Crippen molar-refractivity contribution in [1.82, 2.24) is 10.2 Å². The number of para-hydroxylation sites is 1. The fraction of sp³-hybridized carbons (Fsp3) is 0.125. The molecule has 21 heavy (non-hydrogen) atoms. The van der Waals surface area contributed by atoms with E-state index < -0.39 is 0 Å². The van der Waals surface area contributed by atoms with Gasteiger partial charge in [-0.1, -0.05) is 53.6 Å². The molecule has 1 heterocycles. The van der Waals surface area contributed by atoms with Crippen molar-refractivity contribution in [2.75, 3.05) is 5.32 Å². The van der Waals surface area contributed by atoms with Crippen molar-refractivity contribution < 1.29 is 9.15 Å². The molecule has 106 valence electrons. The molecule has 0 saturated heterocycles. The Labute approximate surface area is 122 Å². The average Bonchev–Trinajstić information content (AvgIpc) is 2.97. The maximum Gasteiger partial charge on any atom is 0.320 e. The van der Waals surface area contributed by atoms with E-state index >= 15 is 0 Å². The lowest BCUT2D eigenvalue weighted by Gasteiger charge is -2.01. The van der Waals surface area contributed by atoms with E-state index in [-0.39, 0.29) is 0 Å². The second-order valence-corrected chi connectivity index (χ2v) is 4.47. The Morgan fingerprint density at radius 2 is 1.57 bits per heavy atom. The van der Waals surface area contributed by atoms with Crippen LogP contribution in [0.4, 0.5) is 11.7 Å². The van der Waals surface area contributed by atoms with Gasteiger partial charge in [-0.25, -0.2) is 0 Å². The van der Waals surface area contributed by atoms with Gasteiger partial charge in [0.15, 0.2) is 0 Å². The van der Waals surface area contributed by atoms with Crippen LogP contribution < -0.4 is 5.32 Å². The first-order valence-corrected chi connectivity index (χ1v) is 6.66. The summed E-state index contributed by atoms with van der Waals surface area (Å²) in [5.74, 6) is 0.448. The summed E-state index contributed by atoms with van der Waals surface area (Å²) in [5, 5.41) is 10.9. The lowest BCUT2D eigenvalue weighted by Crippen LogP contribution is -1.94. The molecular formula is C16H15N3O2. The highest BCUT2D eigenvalue weighted by Gasteiger charge is 2.06. The molecule has 0 unspecified atom stereocenters. The quantitative estimate of drug-likeness (QED) is 0.749. The van der Waals surface area contributed by atoms with Crippen molar-refractivity contribution in [3.63, 3.8) is 0 Å². The van der Waals surface area contributed by atoms with E-state index in [4.69, 9.17) is 9.15 Å². The molecule has 2 aromatic carbocycles. The Morgan fingerprint density at radius 1 is 0.857 bits per heavy atom. The van der Waals surface area contributed by atoms with E-state index in [1.807, 2.05) is 60.7 Å². The van der Waals surface area contributed by atoms with Crippen LogP contribution in [-0.2, 0) is 18.0 Å². The first kappa shape index (κ1) is 13.3. The highest BCUT2D eigenvalue weighted by Crippen LogP contribution is 2.15. The number of hydrogen-bond acceptors (Lipinski definition) is 5. The van der Waals surface area contributed by atoms with E-state index in [1.165, 1.54) is 0 Å². The third kappa shape index (κ3) is 3.90. The van der Waals surface area contributed by atoms with Crippen molar-refractivity contribution >= 4 is 11.7 Å². The summed E-state index contributed by atoms with van der Waals surface area (Å²) in [4.78, 5) is 0. The van der Waals surface area contributed by atoms with Gasteiger partial charge in [-0.3, -0.25) is 0 Å².